The zero-order valence-electron chi connectivity index (χ0n) is 14.8. The summed E-state index contributed by atoms with van der Waals surface area (Å²) in [6.45, 7) is 3.86. The average Bonchev–Trinajstić information content (AvgIpc) is 2.58. The molecule has 0 spiro atoms. The number of halogens is 3. The lowest BCUT2D eigenvalue weighted by Gasteiger charge is -2.19. The first-order chi connectivity index (χ1) is 12.2. The van der Waals surface area contributed by atoms with Crippen LogP contribution < -0.4 is 5.43 Å². The molecular formula is C18H20F3N3O2. The Hall–Kier alpha value is -2.64. The number of unbranched alkanes of at least 4 members (excludes halogenated alkanes) is 1. The third-order valence-electron chi connectivity index (χ3n) is 3.94. The van der Waals surface area contributed by atoms with Crippen LogP contribution in [-0.4, -0.2) is 34.2 Å². The van der Waals surface area contributed by atoms with E-state index >= 15 is 0 Å². The number of benzene rings is 1. The molecule has 0 bridgehead atoms. The highest BCUT2D eigenvalue weighted by Gasteiger charge is 2.34. The molecule has 0 aliphatic heterocycles. The highest BCUT2D eigenvalue weighted by atomic mass is 19.4. The Morgan fingerprint density at radius 3 is 2.54 bits per heavy atom. The molecule has 8 heteroatoms. The van der Waals surface area contributed by atoms with E-state index in [1.165, 1.54) is 37.1 Å². The molecular weight excluding hydrogens is 347 g/mol. The standard InChI is InChI=1S/C18H20F3N3O2/c1-4-5-10-23(3)17(26)16-15(25)11-12(2)24(22-16)14-9-7-6-8-13(14)18(19,20)21/h6-9,11H,4-5,10H2,1-3H3. The summed E-state index contributed by atoms with van der Waals surface area (Å²) in [5.41, 5.74) is -1.93. The van der Waals surface area contributed by atoms with Crippen molar-refractivity contribution in [1.29, 1.82) is 0 Å². The highest BCUT2D eigenvalue weighted by Crippen LogP contribution is 2.33. The summed E-state index contributed by atoms with van der Waals surface area (Å²) in [4.78, 5) is 26.0. The van der Waals surface area contributed by atoms with Gasteiger partial charge in [0, 0.05) is 25.4 Å². The molecule has 0 fully saturated rings. The van der Waals surface area contributed by atoms with Crippen molar-refractivity contribution in [3.63, 3.8) is 0 Å². The Labute approximate surface area is 149 Å². The number of carbonyl (C=O) groups is 1. The van der Waals surface area contributed by atoms with Gasteiger partial charge in [-0.05, 0) is 25.5 Å². The smallest absolute Gasteiger partial charge is 0.340 e. The van der Waals surface area contributed by atoms with Gasteiger partial charge in [-0.3, -0.25) is 9.59 Å². The average molecular weight is 367 g/mol. The lowest BCUT2D eigenvalue weighted by molar-refractivity contribution is -0.137. The van der Waals surface area contributed by atoms with Crippen LogP contribution in [-0.2, 0) is 6.18 Å². The molecule has 2 rings (SSSR count). The number of rotatable bonds is 5. The van der Waals surface area contributed by atoms with Gasteiger partial charge in [-0.15, -0.1) is 0 Å². The van der Waals surface area contributed by atoms with Crippen molar-refractivity contribution < 1.29 is 18.0 Å². The van der Waals surface area contributed by atoms with Gasteiger partial charge in [0.25, 0.3) is 5.91 Å². The van der Waals surface area contributed by atoms with E-state index < -0.39 is 28.8 Å². The third kappa shape index (κ3) is 4.12. The largest absolute Gasteiger partial charge is 0.418 e. The van der Waals surface area contributed by atoms with Gasteiger partial charge in [-0.25, -0.2) is 4.68 Å². The minimum absolute atomic E-state index is 0.208. The second kappa shape index (κ2) is 7.72. The molecule has 1 aromatic heterocycles. The Morgan fingerprint density at radius 1 is 1.27 bits per heavy atom. The van der Waals surface area contributed by atoms with Crippen molar-refractivity contribution in [3.8, 4) is 5.69 Å². The Bertz CT molecular complexity index is 859. The van der Waals surface area contributed by atoms with Crippen LogP contribution in [0.4, 0.5) is 13.2 Å². The molecule has 1 aromatic carbocycles. The molecule has 2 aromatic rings. The number of para-hydroxylation sites is 1. The van der Waals surface area contributed by atoms with Crippen LogP contribution in [0.3, 0.4) is 0 Å². The van der Waals surface area contributed by atoms with Gasteiger partial charge in [0.1, 0.15) is 0 Å². The number of aromatic nitrogens is 2. The molecule has 0 radical (unpaired) electrons. The fourth-order valence-electron chi connectivity index (χ4n) is 2.52. The molecule has 0 aliphatic carbocycles. The SMILES string of the molecule is CCCCN(C)C(=O)c1nn(-c2ccccc2C(F)(F)F)c(C)cc1=O. The summed E-state index contributed by atoms with van der Waals surface area (Å²) in [6, 6.07) is 6.03. The normalized spacial score (nSPS) is 11.5. The maximum atomic E-state index is 13.3. The molecule has 0 atom stereocenters. The maximum Gasteiger partial charge on any atom is 0.418 e. The number of hydrogen-bond donors (Lipinski definition) is 0. The van der Waals surface area contributed by atoms with Gasteiger partial charge in [-0.1, -0.05) is 25.5 Å². The van der Waals surface area contributed by atoms with E-state index in [-0.39, 0.29) is 11.4 Å². The van der Waals surface area contributed by atoms with E-state index in [1.807, 2.05) is 6.92 Å². The molecule has 0 saturated carbocycles. The van der Waals surface area contributed by atoms with E-state index in [4.69, 9.17) is 0 Å². The maximum absolute atomic E-state index is 13.3. The number of alkyl halides is 3. The summed E-state index contributed by atoms with van der Waals surface area (Å²) >= 11 is 0. The topological polar surface area (TPSA) is 55.2 Å². The van der Waals surface area contributed by atoms with E-state index in [1.54, 1.807) is 0 Å². The first-order valence-corrected chi connectivity index (χ1v) is 8.19. The summed E-state index contributed by atoms with van der Waals surface area (Å²) in [6.07, 6.45) is -2.97. The quantitative estimate of drug-likeness (QED) is 0.814. The van der Waals surface area contributed by atoms with Crippen LogP contribution in [0, 0.1) is 6.92 Å². The van der Waals surface area contributed by atoms with Crippen LogP contribution in [0.15, 0.2) is 35.1 Å². The number of nitrogens with zero attached hydrogens (tertiary/aromatic N) is 3. The zero-order chi connectivity index (χ0) is 19.5. The van der Waals surface area contributed by atoms with Crippen molar-refractivity contribution in [2.45, 2.75) is 32.9 Å². The number of amides is 1. The van der Waals surface area contributed by atoms with Crippen molar-refractivity contribution in [3.05, 3.63) is 57.5 Å². The van der Waals surface area contributed by atoms with E-state index in [0.29, 0.717) is 6.54 Å². The lowest BCUT2D eigenvalue weighted by atomic mass is 10.1. The molecule has 0 saturated heterocycles. The molecule has 1 heterocycles. The molecule has 5 nitrogen and oxygen atoms in total. The van der Waals surface area contributed by atoms with Gasteiger partial charge in [0.2, 0.25) is 5.43 Å². The predicted molar refractivity (Wildman–Crippen MR) is 91.4 cm³/mol. The summed E-state index contributed by atoms with van der Waals surface area (Å²) in [5, 5.41) is 3.96. The molecule has 140 valence electrons. The molecule has 26 heavy (non-hydrogen) atoms. The summed E-state index contributed by atoms with van der Waals surface area (Å²) < 4.78 is 40.9. The van der Waals surface area contributed by atoms with Gasteiger partial charge in [0.05, 0.1) is 11.3 Å². The molecule has 0 N–H and O–H groups in total. The number of aryl methyl sites for hydroxylation is 1. The van der Waals surface area contributed by atoms with E-state index in [9.17, 15) is 22.8 Å². The third-order valence-corrected chi connectivity index (χ3v) is 3.94. The van der Waals surface area contributed by atoms with Gasteiger partial charge in [0.15, 0.2) is 5.69 Å². The Kier molecular flexibility index (Phi) is 5.84. The highest BCUT2D eigenvalue weighted by molar-refractivity contribution is 5.91. The molecule has 1 amide bonds. The zero-order valence-corrected chi connectivity index (χ0v) is 14.8. The van der Waals surface area contributed by atoms with Crippen molar-refractivity contribution in [1.82, 2.24) is 14.7 Å². The van der Waals surface area contributed by atoms with Crippen molar-refractivity contribution in [2.24, 2.45) is 0 Å². The molecule has 0 unspecified atom stereocenters. The summed E-state index contributed by atoms with van der Waals surface area (Å²) in [5.74, 6) is -0.610. The fraction of sp³-hybridized carbons (Fsp3) is 0.389. The van der Waals surface area contributed by atoms with E-state index in [2.05, 4.69) is 5.10 Å². The van der Waals surface area contributed by atoms with Gasteiger partial charge >= 0.3 is 6.18 Å². The van der Waals surface area contributed by atoms with Crippen LogP contribution in [0.5, 0.6) is 0 Å². The first kappa shape index (κ1) is 19.7. The minimum Gasteiger partial charge on any atom is -0.340 e. The second-order valence-corrected chi connectivity index (χ2v) is 6.01. The minimum atomic E-state index is -4.59. The lowest BCUT2D eigenvalue weighted by Crippen LogP contribution is -2.34. The Balaban J connectivity index is 2.57. The van der Waals surface area contributed by atoms with Crippen molar-refractivity contribution >= 4 is 5.91 Å². The summed E-state index contributed by atoms with van der Waals surface area (Å²) in [7, 11) is 1.53. The predicted octanol–water partition coefficient (Wildman–Crippen LogP) is 3.43. The van der Waals surface area contributed by atoms with E-state index in [0.717, 1.165) is 29.7 Å². The Morgan fingerprint density at radius 2 is 1.92 bits per heavy atom. The number of carbonyl (C=O) groups excluding carboxylic acids is 1. The second-order valence-electron chi connectivity index (χ2n) is 6.01. The molecule has 0 aliphatic rings. The van der Waals surface area contributed by atoms with Crippen LogP contribution in [0.1, 0.15) is 41.5 Å². The van der Waals surface area contributed by atoms with Crippen molar-refractivity contribution in [2.75, 3.05) is 13.6 Å². The van der Waals surface area contributed by atoms with Crippen LogP contribution in [0.25, 0.3) is 5.69 Å². The van der Waals surface area contributed by atoms with Crippen LogP contribution >= 0.6 is 0 Å². The van der Waals surface area contributed by atoms with Gasteiger partial charge < -0.3 is 4.90 Å². The monoisotopic (exact) mass is 367 g/mol. The van der Waals surface area contributed by atoms with Gasteiger partial charge in [-0.2, -0.15) is 18.3 Å². The number of hydrogen-bond acceptors (Lipinski definition) is 3. The first-order valence-electron chi connectivity index (χ1n) is 8.19. The fourth-order valence-corrected chi connectivity index (χ4v) is 2.52. The van der Waals surface area contributed by atoms with Crippen LogP contribution in [0.2, 0.25) is 0 Å².